The van der Waals surface area contributed by atoms with E-state index in [1.165, 1.54) is 0 Å². The van der Waals surface area contributed by atoms with Crippen LogP contribution in [0, 0.1) is 0 Å². The summed E-state index contributed by atoms with van der Waals surface area (Å²) in [5.41, 5.74) is -0.362. The van der Waals surface area contributed by atoms with Crippen LogP contribution in [0.25, 0.3) is 0 Å². The lowest BCUT2D eigenvalue weighted by Gasteiger charge is -2.01. The molecule has 0 saturated carbocycles. The zero-order chi connectivity index (χ0) is 11.7. The van der Waals surface area contributed by atoms with E-state index in [9.17, 15) is 9.59 Å². The van der Waals surface area contributed by atoms with Gasteiger partial charge in [0, 0.05) is 0 Å². The Morgan fingerprint density at radius 3 is 2.47 bits per heavy atom. The van der Waals surface area contributed by atoms with E-state index in [1.54, 1.807) is 0 Å². The fraction of sp³-hybridized carbons (Fsp3) is 0.556. The van der Waals surface area contributed by atoms with E-state index in [0.29, 0.717) is 6.61 Å². The van der Waals surface area contributed by atoms with Crippen LogP contribution in [-0.2, 0) is 19.4 Å². The molecule has 0 spiro atoms. The molecule has 0 unspecified atom stereocenters. The summed E-state index contributed by atoms with van der Waals surface area (Å²) in [6.45, 7) is 2.30. The van der Waals surface area contributed by atoms with Gasteiger partial charge < -0.3 is 15.1 Å². The molecule has 0 amide bonds. The fourth-order valence-electron chi connectivity index (χ4n) is 0.674. The minimum atomic E-state index is -1.34. The number of hydrogen-bond acceptors (Lipinski definition) is 4. The molecule has 0 heterocycles. The summed E-state index contributed by atoms with van der Waals surface area (Å²) < 4.78 is 0. The Balaban J connectivity index is 3.96. The molecule has 0 aliphatic carbocycles. The van der Waals surface area contributed by atoms with Gasteiger partial charge in [-0.2, -0.15) is 4.89 Å². The molecule has 0 rings (SSSR count). The summed E-state index contributed by atoms with van der Waals surface area (Å²) in [6, 6.07) is 0. The van der Waals surface area contributed by atoms with Crippen molar-refractivity contribution in [2.75, 3.05) is 6.61 Å². The Bertz CT molecular complexity index is 245. The van der Waals surface area contributed by atoms with Crippen molar-refractivity contribution in [2.24, 2.45) is 0 Å². The molecule has 0 fully saturated rings. The summed E-state index contributed by atoms with van der Waals surface area (Å²) in [5, 5.41) is 16.9. The number of rotatable bonds is 8. The molecule has 6 nitrogen and oxygen atoms in total. The number of hydrogen-bond donors (Lipinski definition) is 2. The van der Waals surface area contributed by atoms with Crippen LogP contribution in [0.3, 0.4) is 0 Å². The average Bonchev–Trinajstić information content (AvgIpc) is 2.15. The van der Waals surface area contributed by atoms with Crippen molar-refractivity contribution in [2.45, 2.75) is 26.2 Å². The minimum absolute atomic E-state index is 0.340. The Kier molecular flexibility index (Phi) is 7.00. The van der Waals surface area contributed by atoms with Gasteiger partial charge in [-0.05, 0) is 6.42 Å². The van der Waals surface area contributed by atoms with Crippen LogP contribution in [0.5, 0.6) is 0 Å². The summed E-state index contributed by atoms with van der Waals surface area (Å²) in [6.07, 6.45) is 1.90. The minimum Gasteiger partial charge on any atom is -0.481 e. The predicted octanol–water partition coefficient (Wildman–Crippen LogP) is 1.18. The Hall–Kier alpha value is -1.56. The summed E-state index contributed by atoms with van der Waals surface area (Å²) >= 11 is 0. The Labute approximate surface area is 87.0 Å². The zero-order valence-electron chi connectivity index (χ0n) is 8.43. The first-order valence-corrected chi connectivity index (χ1v) is 4.50. The van der Waals surface area contributed by atoms with Crippen molar-refractivity contribution in [1.29, 1.82) is 0 Å². The Morgan fingerprint density at radius 2 is 2.00 bits per heavy atom. The van der Waals surface area contributed by atoms with Crippen molar-refractivity contribution < 1.29 is 29.6 Å². The molecular weight excluding hydrogens is 204 g/mol. The van der Waals surface area contributed by atoms with E-state index in [2.05, 4.69) is 9.78 Å². The molecule has 0 aromatic carbocycles. The summed E-state index contributed by atoms with van der Waals surface area (Å²) in [5.74, 6) is -2.57. The lowest BCUT2D eigenvalue weighted by Crippen LogP contribution is -2.07. The second kappa shape index (κ2) is 7.81. The normalized spacial score (nSPS) is 11.1. The number of aliphatic carboxylic acids is 2. The molecule has 15 heavy (non-hydrogen) atoms. The van der Waals surface area contributed by atoms with Crippen molar-refractivity contribution in [1.82, 2.24) is 0 Å². The third kappa shape index (κ3) is 7.51. The number of carbonyl (C=O) groups is 2. The molecule has 0 aliphatic heterocycles. The molecule has 6 heteroatoms. The first-order chi connectivity index (χ1) is 7.07. The van der Waals surface area contributed by atoms with Crippen molar-refractivity contribution in [3.8, 4) is 0 Å². The largest absolute Gasteiger partial charge is 0.481 e. The maximum atomic E-state index is 10.5. The number of carboxylic acid groups (broad SMARTS) is 2. The standard InChI is InChI=1S/C9H14O6/c1-2-3-4-14-15-6-7(9(12)13)5-8(10)11/h6H,2-5H2,1H3,(H,10,11)(H,12,13). The van der Waals surface area contributed by atoms with Gasteiger partial charge >= 0.3 is 11.9 Å². The van der Waals surface area contributed by atoms with Gasteiger partial charge in [-0.15, -0.1) is 0 Å². The van der Waals surface area contributed by atoms with Gasteiger partial charge in [-0.25, -0.2) is 4.79 Å². The van der Waals surface area contributed by atoms with E-state index < -0.39 is 18.4 Å². The maximum absolute atomic E-state index is 10.5. The van der Waals surface area contributed by atoms with Crippen LogP contribution in [0.4, 0.5) is 0 Å². The van der Waals surface area contributed by atoms with Crippen LogP contribution in [-0.4, -0.2) is 28.8 Å². The Morgan fingerprint density at radius 1 is 1.33 bits per heavy atom. The van der Waals surface area contributed by atoms with Gasteiger partial charge in [-0.3, -0.25) is 4.79 Å². The summed E-state index contributed by atoms with van der Waals surface area (Å²) in [7, 11) is 0. The molecule has 0 aromatic heterocycles. The van der Waals surface area contributed by atoms with E-state index in [-0.39, 0.29) is 5.57 Å². The highest BCUT2D eigenvalue weighted by Gasteiger charge is 2.12. The van der Waals surface area contributed by atoms with Crippen LogP contribution < -0.4 is 0 Å². The highest BCUT2D eigenvalue weighted by Crippen LogP contribution is 2.02. The van der Waals surface area contributed by atoms with Gasteiger partial charge in [-0.1, -0.05) is 13.3 Å². The SMILES string of the molecule is CCCCOOC=C(CC(=O)O)C(=O)O. The second-order valence-electron chi connectivity index (χ2n) is 2.79. The number of unbranched alkanes of at least 4 members (excludes halogenated alkanes) is 1. The molecule has 0 aliphatic rings. The lowest BCUT2D eigenvalue weighted by molar-refractivity contribution is -0.249. The second-order valence-corrected chi connectivity index (χ2v) is 2.79. The first-order valence-electron chi connectivity index (χ1n) is 4.50. The molecule has 0 aromatic rings. The lowest BCUT2D eigenvalue weighted by atomic mass is 10.2. The van der Waals surface area contributed by atoms with Crippen LogP contribution in [0.15, 0.2) is 11.8 Å². The van der Waals surface area contributed by atoms with E-state index in [4.69, 9.17) is 10.2 Å². The summed E-state index contributed by atoms with van der Waals surface area (Å²) in [4.78, 5) is 29.8. The van der Waals surface area contributed by atoms with Gasteiger partial charge in [0.2, 0.25) is 0 Å². The van der Waals surface area contributed by atoms with E-state index in [0.717, 1.165) is 19.1 Å². The molecule has 0 atom stereocenters. The van der Waals surface area contributed by atoms with Gasteiger partial charge in [0.25, 0.3) is 0 Å². The topological polar surface area (TPSA) is 93.1 Å². The highest BCUT2D eigenvalue weighted by atomic mass is 17.2. The highest BCUT2D eigenvalue weighted by molar-refractivity contribution is 5.91. The molecule has 2 N–H and O–H groups in total. The maximum Gasteiger partial charge on any atom is 0.335 e. The molecule has 0 bridgehead atoms. The van der Waals surface area contributed by atoms with Gasteiger partial charge in [0.05, 0.1) is 18.6 Å². The third-order valence-electron chi connectivity index (χ3n) is 1.46. The first kappa shape index (κ1) is 13.4. The van der Waals surface area contributed by atoms with Gasteiger partial charge in [0.1, 0.15) is 6.26 Å². The van der Waals surface area contributed by atoms with Crippen molar-refractivity contribution >= 4 is 11.9 Å². The van der Waals surface area contributed by atoms with E-state index >= 15 is 0 Å². The van der Waals surface area contributed by atoms with E-state index in [1.807, 2.05) is 6.92 Å². The van der Waals surface area contributed by atoms with Crippen LogP contribution in [0.2, 0.25) is 0 Å². The molecule has 0 saturated heterocycles. The third-order valence-corrected chi connectivity index (χ3v) is 1.46. The van der Waals surface area contributed by atoms with Gasteiger partial charge in [0.15, 0.2) is 0 Å². The van der Waals surface area contributed by atoms with Crippen molar-refractivity contribution in [3.63, 3.8) is 0 Å². The van der Waals surface area contributed by atoms with Crippen LogP contribution in [0.1, 0.15) is 26.2 Å². The predicted molar refractivity (Wildman–Crippen MR) is 49.9 cm³/mol. The zero-order valence-corrected chi connectivity index (χ0v) is 8.43. The monoisotopic (exact) mass is 218 g/mol. The quantitative estimate of drug-likeness (QED) is 0.209. The average molecular weight is 218 g/mol. The molecule has 86 valence electrons. The van der Waals surface area contributed by atoms with Crippen molar-refractivity contribution in [3.05, 3.63) is 11.8 Å². The molecule has 0 radical (unpaired) electrons. The number of carboxylic acids is 2. The fourth-order valence-corrected chi connectivity index (χ4v) is 0.674. The smallest absolute Gasteiger partial charge is 0.335 e. The molecular formula is C9H14O6. The van der Waals surface area contributed by atoms with Crippen LogP contribution >= 0.6 is 0 Å².